The van der Waals surface area contributed by atoms with Crippen LogP contribution in [0.3, 0.4) is 0 Å². The molecule has 0 radical (unpaired) electrons. The number of aromatic nitrogens is 2. The van der Waals surface area contributed by atoms with Crippen LogP contribution in [0.1, 0.15) is 16.6 Å². The second-order valence-corrected chi connectivity index (χ2v) is 4.96. The molecule has 3 aromatic rings. The van der Waals surface area contributed by atoms with Crippen molar-refractivity contribution in [2.24, 2.45) is 0 Å². The molecule has 0 spiro atoms. The Labute approximate surface area is 121 Å². The molecule has 0 amide bonds. The maximum absolute atomic E-state index is 6.45. The van der Waals surface area contributed by atoms with Gasteiger partial charge >= 0.3 is 0 Å². The molecule has 19 heavy (non-hydrogen) atoms. The zero-order valence-electron chi connectivity index (χ0n) is 9.92. The zero-order chi connectivity index (χ0) is 13.2. The Kier molecular flexibility index (Phi) is 3.36. The molecular weight excluding hydrogens is 279 g/mol. The Morgan fingerprint density at radius 3 is 2.05 bits per heavy atom. The van der Waals surface area contributed by atoms with Crippen molar-refractivity contribution in [3.05, 3.63) is 71.0 Å². The average Bonchev–Trinajstić information content (AvgIpc) is 2.47. The molecule has 2 nitrogen and oxygen atoms in total. The molecule has 94 valence electrons. The number of alkyl halides is 1. The third-order valence-electron chi connectivity index (χ3n) is 2.88. The van der Waals surface area contributed by atoms with E-state index in [1.54, 1.807) is 0 Å². The van der Waals surface area contributed by atoms with Crippen molar-refractivity contribution in [3.8, 4) is 0 Å². The summed E-state index contributed by atoms with van der Waals surface area (Å²) in [6, 6.07) is 17.3. The van der Waals surface area contributed by atoms with Crippen LogP contribution in [0.2, 0.25) is 5.15 Å². The van der Waals surface area contributed by atoms with Crippen molar-refractivity contribution in [3.63, 3.8) is 0 Å². The van der Waals surface area contributed by atoms with E-state index in [-0.39, 0.29) is 0 Å². The first-order valence-corrected chi connectivity index (χ1v) is 6.68. The fourth-order valence-electron chi connectivity index (χ4n) is 1.93. The summed E-state index contributed by atoms with van der Waals surface area (Å²) in [7, 11) is 0. The number of hydrogen-bond donors (Lipinski definition) is 0. The molecule has 1 atom stereocenters. The molecule has 0 saturated carbocycles. The monoisotopic (exact) mass is 288 g/mol. The molecule has 1 heterocycles. The van der Waals surface area contributed by atoms with Gasteiger partial charge in [-0.2, -0.15) is 0 Å². The Bertz CT molecular complexity index is 714. The van der Waals surface area contributed by atoms with E-state index in [9.17, 15) is 0 Å². The van der Waals surface area contributed by atoms with Gasteiger partial charge in [-0.25, -0.2) is 9.97 Å². The van der Waals surface area contributed by atoms with E-state index in [2.05, 4.69) is 9.97 Å². The minimum atomic E-state index is -0.397. The van der Waals surface area contributed by atoms with Gasteiger partial charge in [-0.1, -0.05) is 54.1 Å². The number of fused-ring (bicyclic) bond motifs is 1. The van der Waals surface area contributed by atoms with Gasteiger partial charge in [0, 0.05) is 0 Å². The quantitative estimate of drug-likeness (QED) is 0.644. The summed E-state index contributed by atoms with van der Waals surface area (Å²) in [6.07, 6.45) is 0. The summed E-state index contributed by atoms with van der Waals surface area (Å²) in [4.78, 5) is 8.87. The lowest BCUT2D eigenvalue weighted by atomic mass is 10.1. The third-order valence-corrected chi connectivity index (χ3v) is 3.62. The van der Waals surface area contributed by atoms with E-state index in [0.717, 1.165) is 16.6 Å². The highest BCUT2D eigenvalue weighted by Crippen LogP contribution is 2.32. The molecule has 2 aromatic carbocycles. The summed E-state index contributed by atoms with van der Waals surface area (Å²) in [5.74, 6) is 0. The van der Waals surface area contributed by atoms with Gasteiger partial charge in [-0.15, -0.1) is 11.6 Å². The number of nitrogens with zero attached hydrogens (tertiary/aromatic N) is 2. The topological polar surface area (TPSA) is 25.8 Å². The normalized spacial score (nSPS) is 12.5. The second-order valence-electron chi connectivity index (χ2n) is 4.16. The first-order chi connectivity index (χ1) is 9.25. The van der Waals surface area contributed by atoms with Gasteiger partial charge in [-0.05, 0) is 17.7 Å². The van der Waals surface area contributed by atoms with E-state index in [1.165, 1.54) is 0 Å². The number of benzene rings is 2. The fraction of sp³-hybridized carbons (Fsp3) is 0.0667. The van der Waals surface area contributed by atoms with Gasteiger partial charge in [-0.3, -0.25) is 0 Å². The third kappa shape index (κ3) is 2.42. The smallest absolute Gasteiger partial charge is 0.153 e. The van der Waals surface area contributed by atoms with Crippen molar-refractivity contribution in [1.82, 2.24) is 9.97 Å². The molecule has 1 aromatic heterocycles. The SMILES string of the molecule is Clc1nc2ccccc2nc1[C@@H](Cl)c1ccccc1. The number of halogens is 2. The summed E-state index contributed by atoms with van der Waals surface area (Å²) in [5.41, 5.74) is 3.11. The van der Waals surface area contributed by atoms with Crippen LogP contribution in [0.15, 0.2) is 54.6 Å². The largest absolute Gasteiger partial charge is 0.246 e. The van der Waals surface area contributed by atoms with Gasteiger partial charge < -0.3 is 0 Å². The highest BCUT2D eigenvalue weighted by Gasteiger charge is 2.17. The van der Waals surface area contributed by atoms with Crippen LogP contribution in [-0.2, 0) is 0 Å². The van der Waals surface area contributed by atoms with Crippen molar-refractivity contribution >= 4 is 34.2 Å². The minimum Gasteiger partial charge on any atom is -0.246 e. The predicted octanol–water partition coefficient (Wildman–Crippen LogP) is 4.61. The van der Waals surface area contributed by atoms with Crippen LogP contribution < -0.4 is 0 Å². The van der Waals surface area contributed by atoms with Crippen molar-refractivity contribution < 1.29 is 0 Å². The van der Waals surface area contributed by atoms with E-state index in [1.807, 2.05) is 54.6 Å². The lowest BCUT2D eigenvalue weighted by molar-refractivity contribution is 1.03. The highest BCUT2D eigenvalue weighted by molar-refractivity contribution is 6.32. The summed E-state index contributed by atoms with van der Waals surface area (Å²) >= 11 is 12.6. The predicted molar refractivity (Wildman–Crippen MR) is 78.7 cm³/mol. The van der Waals surface area contributed by atoms with Gasteiger partial charge in [0.1, 0.15) is 11.1 Å². The van der Waals surface area contributed by atoms with Crippen LogP contribution in [0.5, 0.6) is 0 Å². The Hall–Kier alpha value is -1.64. The van der Waals surface area contributed by atoms with Crippen LogP contribution in [-0.4, -0.2) is 9.97 Å². The standard InChI is InChI=1S/C15H10Cl2N2/c16-13(10-6-2-1-3-7-10)14-15(17)19-12-9-5-4-8-11(12)18-14/h1-9,13H/t13-/m0/s1. The van der Waals surface area contributed by atoms with Crippen LogP contribution in [0, 0.1) is 0 Å². The lowest BCUT2D eigenvalue weighted by Gasteiger charge is -2.11. The average molecular weight is 289 g/mol. The molecule has 3 rings (SSSR count). The first kappa shape index (κ1) is 12.4. The fourth-order valence-corrected chi connectivity index (χ4v) is 2.53. The van der Waals surface area contributed by atoms with E-state index in [4.69, 9.17) is 23.2 Å². The van der Waals surface area contributed by atoms with Crippen LogP contribution in [0.25, 0.3) is 11.0 Å². The second kappa shape index (κ2) is 5.16. The van der Waals surface area contributed by atoms with Crippen molar-refractivity contribution in [2.45, 2.75) is 5.38 Å². The number of hydrogen-bond acceptors (Lipinski definition) is 2. The number of rotatable bonds is 2. The molecule has 0 saturated heterocycles. The Morgan fingerprint density at radius 1 is 0.789 bits per heavy atom. The molecule has 0 aliphatic rings. The molecule has 4 heteroatoms. The van der Waals surface area contributed by atoms with Crippen molar-refractivity contribution in [2.75, 3.05) is 0 Å². The van der Waals surface area contributed by atoms with Gasteiger partial charge in [0.2, 0.25) is 0 Å². The lowest BCUT2D eigenvalue weighted by Crippen LogP contribution is -2.00. The molecule has 0 aliphatic carbocycles. The van der Waals surface area contributed by atoms with Crippen molar-refractivity contribution in [1.29, 1.82) is 0 Å². The minimum absolute atomic E-state index is 0.350. The molecule has 0 N–H and O–H groups in total. The molecule has 0 bridgehead atoms. The first-order valence-electron chi connectivity index (χ1n) is 5.87. The Morgan fingerprint density at radius 2 is 1.37 bits per heavy atom. The summed E-state index contributed by atoms with van der Waals surface area (Å²) in [6.45, 7) is 0. The van der Waals surface area contributed by atoms with Gasteiger partial charge in [0.15, 0.2) is 5.15 Å². The van der Waals surface area contributed by atoms with Gasteiger partial charge in [0.25, 0.3) is 0 Å². The van der Waals surface area contributed by atoms with E-state index < -0.39 is 5.38 Å². The van der Waals surface area contributed by atoms with Crippen LogP contribution >= 0.6 is 23.2 Å². The molecule has 0 fully saturated rings. The number of para-hydroxylation sites is 2. The summed E-state index contributed by atoms with van der Waals surface area (Å²) < 4.78 is 0. The molecule has 0 unspecified atom stereocenters. The summed E-state index contributed by atoms with van der Waals surface area (Å²) in [5, 5.41) is -0.0478. The maximum Gasteiger partial charge on any atom is 0.153 e. The maximum atomic E-state index is 6.45. The van der Waals surface area contributed by atoms with E-state index >= 15 is 0 Å². The molecule has 0 aliphatic heterocycles. The zero-order valence-corrected chi connectivity index (χ0v) is 11.4. The van der Waals surface area contributed by atoms with E-state index in [0.29, 0.717) is 10.8 Å². The Balaban J connectivity index is 2.12. The highest BCUT2D eigenvalue weighted by atomic mass is 35.5. The molecular formula is C15H10Cl2N2. The van der Waals surface area contributed by atoms with Crippen LogP contribution in [0.4, 0.5) is 0 Å². The van der Waals surface area contributed by atoms with Gasteiger partial charge in [0.05, 0.1) is 11.0 Å².